The molecule has 7 heteroatoms. The molecule has 1 aromatic heterocycles. The van der Waals surface area contributed by atoms with Crippen LogP contribution in [0.15, 0.2) is 12.3 Å². The van der Waals surface area contributed by atoms with Crippen LogP contribution >= 0.6 is 0 Å². The third kappa shape index (κ3) is 4.39. The molecule has 0 unspecified atom stereocenters. The average Bonchev–Trinajstić information content (AvgIpc) is 1.99. The molecular weight excluding hydrogens is 211 g/mol. The van der Waals surface area contributed by atoms with Crippen molar-refractivity contribution in [1.29, 1.82) is 0 Å². The number of carbonyl (C=O) groups excluding carboxylic acids is 1. The predicted molar refractivity (Wildman–Crippen MR) is 46.1 cm³/mol. The lowest BCUT2D eigenvalue weighted by molar-refractivity contribution is -0.150. The minimum absolute atomic E-state index is 0.121. The lowest BCUT2D eigenvalue weighted by atomic mass is 10.4. The summed E-state index contributed by atoms with van der Waals surface area (Å²) in [6, 6.07) is 1.57. The molecule has 0 saturated heterocycles. The fraction of sp³-hybridized carbons (Fsp3) is 0.375. The standard InChI is InChI=1S/C8H8F3N3O/c1-5-2-3-12-7(13-5)14-6(15)4-8(9,10)11/h2-3H,4H2,1H3,(H,12,13,14,15). The summed E-state index contributed by atoms with van der Waals surface area (Å²) >= 11 is 0. The molecule has 1 aromatic rings. The molecule has 82 valence electrons. The molecule has 0 aliphatic carbocycles. The zero-order valence-corrected chi connectivity index (χ0v) is 7.80. The predicted octanol–water partition coefficient (Wildman–Crippen LogP) is 1.68. The number of nitrogens with zero attached hydrogens (tertiary/aromatic N) is 2. The van der Waals surface area contributed by atoms with Gasteiger partial charge in [0.05, 0.1) is 0 Å². The number of aromatic nitrogens is 2. The summed E-state index contributed by atoms with van der Waals surface area (Å²) in [4.78, 5) is 18.2. The van der Waals surface area contributed by atoms with Crippen molar-refractivity contribution in [1.82, 2.24) is 9.97 Å². The van der Waals surface area contributed by atoms with Gasteiger partial charge in [-0.05, 0) is 13.0 Å². The van der Waals surface area contributed by atoms with Crippen LogP contribution in [0.2, 0.25) is 0 Å². The van der Waals surface area contributed by atoms with E-state index in [1.807, 2.05) is 5.32 Å². The number of nitrogens with one attached hydrogen (secondary N) is 1. The molecule has 0 atom stereocenters. The molecule has 1 rings (SSSR count). The first kappa shape index (κ1) is 11.4. The number of hydrogen-bond donors (Lipinski definition) is 1. The van der Waals surface area contributed by atoms with E-state index >= 15 is 0 Å². The van der Waals surface area contributed by atoms with E-state index in [4.69, 9.17) is 0 Å². The van der Waals surface area contributed by atoms with Crippen LogP contribution in [0, 0.1) is 6.92 Å². The number of halogens is 3. The Hall–Kier alpha value is -1.66. The Balaban J connectivity index is 2.59. The van der Waals surface area contributed by atoms with Crippen molar-refractivity contribution in [3.05, 3.63) is 18.0 Å². The summed E-state index contributed by atoms with van der Waals surface area (Å²) in [5.74, 6) is -1.29. The van der Waals surface area contributed by atoms with Crippen molar-refractivity contribution < 1.29 is 18.0 Å². The van der Waals surface area contributed by atoms with Crippen LogP contribution in [-0.4, -0.2) is 22.1 Å². The van der Waals surface area contributed by atoms with Gasteiger partial charge in [0, 0.05) is 11.9 Å². The molecule has 0 fully saturated rings. The van der Waals surface area contributed by atoms with Gasteiger partial charge in [0.15, 0.2) is 0 Å². The Labute approximate surface area is 83.5 Å². The first-order valence-electron chi connectivity index (χ1n) is 4.03. The van der Waals surface area contributed by atoms with Gasteiger partial charge in [0.25, 0.3) is 0 Å². The highest BCUT2D eigenvalue weighted by atomic mass is 19.4. The Morgan fingerprint density at radius 2 is 2.20 bits per heavy atom. The summed E-state index contributed by atoms with van der Waals surface area (Å²) in [6.07, 6.45) is -4.70. The molecule has 0 bridgehead atoms. The van der Waals surface area contributed by atoms with E-state index in [9.17, 15) is 18.0 Å². The molecule has 0 aliphatic rings. The fourth-order valence-corrected chi connectivity index (χ4v) is 0.860. The molecule has 0 spiro atoms. The highest BCUT2D eigenvalue weighted by Gasteiger charge is 2.31. The van der Waals surface area contributed by atoms with Crippen molar-refractivity contribution in [2.24, 2.45) is 0 Å². The molecule has 15 heavy (non-hydrogen) atoms. The number of amides is 1. The van der Waals surface area contributed by atoms with Gasteiger partial charge < -0.3 is 0 Å². The van der Waals surface area contributed by atoms with Crippen molar-refractivity contribution in [3.63, 3.8) is 0 Å². The maximum absolute atomic E-state index is 11.8. The Kier molecular flexibility index (Phi) is 3.23. The van der Waals surface area contributed by atoms with Crippen LogP contribution in [0.4, 0.5) is 19.1 Å². The maximum Gasteiger partial charge on any atom is 0.397 e. The second-order valence-electron chi connectivity index (χ2n) is 2.86. The molecular formula is C8H8F3N3O. The van der Waals surface area contributed by atoms with Gasteiger partial charge in [-0.25, -0.2) is 9.97 Å². The van der Waals surface area contributed by atoms with Crippen LogP contribution in [0.3, 0.4) is 0 Å². The normalized spacial score (nSPS) is 11.2. The van der Waals surface area contributed by atoms with Crippen LogP contribution in [0.5, 0.6) is 0 Å². The fourth-order valence-electron chi connectivity index (χ4n) is 0.860. The summed E-state index contributed by atoms with van der Waals surface area (Å²) in [5.41, 5.74) is 0.562. The SMILES string of the molecule is Cc1ccnc(NC(=O)CC(F)(F)F)n1. The zero-order valence-electron chi connectivity index (χ0n) is 7.80. The van der Waals surface area contributed by atoms with Gasteiger partial charge in [-0.2, -0.15) is 13.2 Å². The van der Waals surface area contributed by atoms with Crippen LogP contribution in [0.1, 0.15) is 12.1 Å². The molecule has 0 saturated carbocycles. The number of carbonyl (C=O) groups is 1. The molecule has 1 heterocycles. The second kappa shape index (κ2) is 4.24. The zero-order chi connectivity index (χ0) is 11.5. The smallest absolute Gasteiger partial charge is 0.294 e. The van der Waals surface area contributed by atoms with Crippen molar-refractivity contribution in [2.75, 3.05) is 5.32 Å². The Morgan fingerprint density at radius 3 is 2.73 bits per heavy atom. The van der Waals surface area contributed by atoms with Gasteiger partial charge in [-0.1, -0.05) is 0 Å². The van der Waals surface area contributed by atoms with E-state index in [-0.39, 0.29) is 5.95 Å². The maximum atomic E-state index is 11.8. The highest BCUT2D eigenvalue weighted by Crippen LogP contribution is 2.19. The molecule has 0 radical (unpaired) electrons. The number of alkyl halides is 3. The monoisotopic (exact) mass is 219 g/mol. The largest absolute Gasteiger partial charge is 0.397 e. The summed E-state index contributed by atoms with van der Waals surface area (Å²) in [6.45, 7) is 1.64. The highest BCUT2D eigenvalue weighted by molar-refractivity contribution is 5.89. The number of aryl methyl sites for hydroxylation is 1. The quantitative estimate of drug-likeness (QED) is 0.823. The van der Waals surface area contributed by atoms with Crippen molar-refractivity contribution >= 4 is 11.9 Å². The lowest BCUT2D eigenvalue weighted by Gasteiger charge is -2.06. The summed E-state index contributed by atoms with van der Waals surface area (Å²) < 4.78 is 35.4. The van der Waals surface area contributed by atoms with E-state index in [0.29, 0.717) is 5.69 Å². The second-order valence-corrected chi connectivity index (χ2v) is 2.86. The van der Waals surface area contributed by atoms with E-state index in [1.165, 1.54) is 6.20 Å². The van der Waals surface area contributed by atoms with Gasteiger partial charge in [0.2, 0.25) is 11.9 Å². The van der Waals surface area contributed by atoms with E-state index in [2.05, 4.69) is 9.97 Å². The van der Waals surface area contributed by atoms with Gasteiger partial charge >= 0.3 is 6.18 Å². The molecule has 1 amide bonds. The number of rotatable bonds is 2. The van der Waals surface area contributed by atoms with Crippen molar-refractivity contribution in [3.8, 4) is 0 Å². The summed E-state index contributed by atoms with van der Waals surface area (Å²) in [7, 11) is 0. The average molecular weight is 219 g/mol. The topological polar surface area (TPSA) is 54.9 Å². The van der Waals surface area contributed by atoms with Gasteiger partial charge in [-0.15, -0.1) is 0 Å². The number of hydrogen-bond acceptors (Lipinski definition) is 3. The van der Waals surface area contributed by atoms with Crippen LogP contribution in [-0.2, 0) is 4.79 Å². The summed E-state index contributed by atoms with van der Waals surface area (Å²) in [5, 5.41) is 1.96. The Morgan fingerprint density at radius 1 is 1.53 bits per heavy atom. The van der Waals surface area contributed by atoms with Crippen LogP contribution in [0.25, 0.3) is 0 Å². The minimum atomic E-state index is -4.52. The van der Waals surface area contributed by atoms with Gasteiger partial charge in [0.1, 0.15) is 6.42 Å². The van der Waals surface area contributed by atoms with E-state index in [0.717, 1.165) is 0 Å². The van der Waals surface area contributed by atoms with Crippen LogP contribution < -0.4 is 5.32 Å². The van der Waals surface area contributed by atoms with Gasteiger partial charge in [-0.3, -0.25) is 10.1 Å². The van der Waals surface area contributed by atoms with E-state index in [1.54, 1.807) is 13.0 Å². The molecule has 0 aliphatic heterocycles. The lowest BCUT2D eigenvalue weighted by Crippen LogP contribution is -2.22. The Bertz CT molecular complexity index is 364. The number of anilines is 1. The molecule has 0 aromatic carbocycles. The first-order valence-corrected chi connectivity index (χ1v) is 4.03. The third-order valence-electron chi connectivity index (χ3n) is 1.41. The molecule has 4 nitrogen and oxygen atoms in total. The first-order chi connectivity index (χ1) is 6.87. The van der Waals surface area contributed by atoms with Crippen molar-refractivity contribution in [2.45, 2.75) is 19.5 Å². The minimum Gasteiger partial charge on any atom is -0.294 e. The molecule has 1 N–H and O–H groups in total. The third-order valence-corrected chi connectivity index (χ3v) is 1.41. The van der Waals surface area contributed by atoms with E-state index < -0.39 is 18.5 Å².